The molecule has 1 atom stereocenters. The number of aromatic nitrogens is 2. The largest absolute Gasteiger partial charge is 0.328 e. The van der Waals surface area contributed by atoms with Crippen LogP contribution in [0, 0.1) is 5.82 Å². The molecule has 0 aliphatic rings. The average Bonchev–Trinajstić information content (AvgIpc) is 2.49. The molecule has 7 heteroatoms. The van der Waals surface area contributed by atoms with Crippen LogP contribution < -0.4 is 16.0 Å². The first-order chi connectivity index (χ1) is 10.6. The number of nitrogens with one attached hydrogen (secondary N) is 2. The lowest BCUT2D eigenvalue weighted by Crippen LogP contribution is -2.28. The van der Waals surface area contributed by atoms with Gasteiger partial charge in [0.15, 0.2) is 0 Å². The first-order valence-corrected chi connectivity index (χ1v) is 7.98. The molecule has 1 heterocycles. The highest BCUT2D eigenvalue weighted by molar-refractivity contribution is 7.97. The molecular formula is C15H18FN3O2S. The summed E-state index contributed by atoms with van der Waals surface area (Å²) in [6.45, 7) is 2.43. The number of halogens is 1. The fourth-order valence-corrected chi connectivity index (χ4v) is 2.77. The molecule has 0 radical (unpaired) electrons. The molecule has 1 aromatic heterocycles. The van der Waals surface area contributed by atoms with Gasteiger partial charge in [0.25, 0.3) is 5.56 Å². The van der Waals surface area contributed by atoms with Gasteiger partial charge in [-0.3, -0.25) is 14.5 Å². The predicted molar refractivity (Wildman–Crippen MR) is 86.3 cm³/mol. The van der Waals surface area contributed by atoms with Crippen molar-refractivity contribution in [1.29, 1.82) is 0 Å². The minimum Gasteiger partial charge on any atom is -0.301 e. The van der Waals surface area contributed by atoms with E-state index in [4.69, 9.17) is 0 Å². The number of benzene rings is 1. The molecule has 0 amide bonds. The number of aryl methyl sites for hydroxylation is 1. The van der Waals surface area contributed by atoms with Crippen LogP contribution in [0.2, 0.25) is 0 Å². The quantitative estimate of drug-likeness (QED) is 0.605. The predicted octanol–water partition coefficient (Wildman–Crippen LogP) is 2.06. The molecule has 5 nitrogen and oxygen atoms in total. The molecule has 118 valence electrons. The minimum absolute atomic E-state index is 0.0954. The summed E-state index contributed by atoms with van der Waals surface area (Å²) in [6.07, 6.45) is 2.24. The molecule has 2 aromatic rings. The van der Waals surface area contributed by atoms with Gasteiger partial charge in [-0.25, -0.2) is 9.18 Å². The summed E-state index contributed by atoms with van der Waals surface area (Å²) in [6, 6.07) is 7.91. The van der Waals surface area contributed by atoms with Gasteiger partial charge < -0.3 is 4.57 Å². The Bertz CT molecular complexity index is 729. The van der Waals surface area contributed by atoms with Crippen LogP contribution in [0.15, 0.2) is 46.1 Å². The number of H-pyrrole nitrogens is 1. The van der Waals surface area contributed by atoms with E-state index in [1.54, 1.807) is 12.1 Å². The molecule has 2 N–H and O–H groups in total. The minimum atomic E-state index is -0.398. The van der Waals surface area contributed by atoms with Crippen LogP contribution in [0.3, 0.4) is 0 Å². The second-order valence-electron chi connectivity index (χ2n) is 4.87. The molecule has 0 spiro atoms. The molecule has 0 bridgehead atoms. The van der Waals surface area contributed by atoms with Gasteiger partial charge in [-0.15, -0.1) is 0 Å². The van der Waals surface area contributed by atoms with Gasteiger partial charge in [-0.1, -0.05) is 30.1 Å². The van der Waals surface area contributed by atoms with E-state index in [2.05, 4.69) is 9.71 Å². The van der Waals surface area contributed by atoms with Crippen molar-refractivity contribution < 1.29 is 4.39 Å². The second kappa shape index (κ2) is 7.95. The number of hydrogen-bond acceptors (Lipinski definition) is 4. The Morgan fingerprint density at radius 2 is 2.09 bits per heavy atom. The number of aromatic amines is 1. The normalized spacial score (nSPS) is 12.3. The maximum absolute atomic E-state index is 13.6. The van der Waals surface area contributed by atoms with E-state index in [9.17, 15) is 14.0 Å². The van der Waals surface area contributed by atoms with Gasteiger partial charge in [0.1, 0.15) is 5.82 Å². The van der Waals surface area contributed by atoms with Crippen molar-refractivity contribution in [3.8, 4) is 0 Å². The molecule has 22 heavy (non-hydrogen) atoms. The maximum Gasteiger partial charge on any atom is 0.328 e. The van der Waals surface area contributed by atoms with Crippen LogP contribution in [-0.4, -0.2) is 15.3 Å². The van der Waals surface area contributed by atoms with Crippen LogP contribution in [0.1, 0.15) is 24.9 Å². The van der Waals surface area contributed by atoms with E-state index in [1.165, 1.54) is 34.8 Å². The number of nitrogens with zero attached hydrogens (tertiary/aromatic N) is 1. The van der Waals surface area contributed by atoms with E-state index in [-0.39, 0.29) is 11.9 Å². The van der Waals surface area contributed by atoms with Gasteiger partial charge in [-0.2, -0.15) is 0 Å². The zero-order valence-electron chi connectivity index (χ0n) is 12.2. The summed E-state index contributed by atoms with van der Waals surface area (Å²) in [5, 5.41) is 0. The second-order valence-corrected chi connectivity index (χ2v) is 5.80. The third-order valence-corrected chi connectivity index (χ3v) is 4.19. The zero-order chi connectivity index (χ0) is 15.9. The van der Waals surface area contributed by atoms with Crippen LogP contribution in [0.25, 0.3) is 0 Å². The lowest BCUT2D eigenvalue weighted by molar-refractivity contribution is 0.585. The highest BCUT2D eigenvalue weighted by Gasteiger charge is 2.09. The molecule has 0 saturated heterocycles. The first-order valence-electron chi connectivity index (χ1n) is 6.99. The van der Waals surface area contributed by atoms with Crippen molar-refractivity contribution in [2.45, 2.75) is 25.9 Å². The Morgan fingerprint density at radius 3 is 2.82 bits per heavy atom. The molecule has 2 rings (SSSR count). The van der Waals surface area contributed by atoms with E-state index < -0.39 is 11.2 Å². The van der Waals surface area contributed by atoms with Crippen LogP contribution in [-0.2, 0) is 6.54 Å². The van der Waals surface area contributed by atoms with Crippen molar-refractivity contribution in [2.75, 3.05) is 5.75 Å². The van der Waals surface area contributed by atoms with E-state index in [0.717, 1.165) is 12.2 Å². The van der Waals surface area contributed by atoms with Gasteiger partial charge in [-0.05, 0) is 19.4 Å². The summed E-state index contributed by atoms with van der Waals surface area (Å²) in [7, 11) is 0. The van der Waals surface area contributed by atoms with Crippen molar-refractivity contribution in [3.63, 3.8) is 0 Å². The Balaban J connectivity index is 1.74. The van der Waals surface area contributed by atoms with Crippen molar-refractivity contribution in [2.24, 2.45) is 0 Å². The smallest absolute Gasteiger partial charge is 0.301 e. The standard InChI is InChI=1S/C15H18FN3O2S/c1-11(12-5-2-3-6-13(12)16)18-22-10-4-8-19-9-7-14(20)17-15(19)21/h2-3,5-7,9,11,18H,4,8,10H2,1H3,(H,17,20,21). The summed E-state index contributed by atoms with van der Waals surface area (Å²) < 4.78 is 18.2. The molecule has 1 unspecified atom stereocenters. The lowest BCUT2D eigenvalue weighted by atomic mass is 10.1. The summed E-state index contributed by atoms with van der Waals surface area (Å²) in [5.41, 5.74) is -0.159. The Kier molecular flexibility index (Phi) is 5.97. The summed E-state index contributed by atoms with van der Waals surface area (Å²) in [5.74, 6) is 0.549. The molecule has 0 saturated carbocycles. The summed E-state index contributed by atoms with van der Waals surface area (Å²) in [4.78, 5) is 24.6. The van der Waals surface area contributed by atoms with Crippen LogP contribution >= 0.6 is 11.9 Å². The topological polar surface area (TPSA) is 66.9 Å². The van der Waals surface area contributed by atoms with Gasteiger partial charge in [0.05, 0.1) is 0 Å². The fourth-order valence-electron chi connectivity index (χ4n) is 2.00. The third-order valence-electron chi connectivity index (χ3n) is 3.17. The van der Waals surface area contributed by atoms with E-state index >= 15 is 0 Å². The first kappa shape index (κ1) is 16.5. The molecule has 0 aliphatic carbocycles. The van der Waals surface area contributed by atoms with E-state index in [0.29, 0.717) is 12.1 Å². The lowest BCUT2D eigenvalue weighted by Gasteiger charge is -2.14. The number of hydrogen-bond donors (Lipinski definition) is 2. The van der Waals surface area contributed by atoms with Crippen LogP contribution in [0.5, 0.6) is 0 Å². The zero-order valence-corrected chi connectivity index (χ0v) is 13.0. The maximum atomic E-state index is 13.6. The van der Waals surface area contributed by atoms with Gasteiger partial charge in [0, 0.05) is 36.2 Å². The molecule has 1 aromatic carbocycles. The molecule has 0 fully saturated rings. The van der Waals surface area contributed by atoms with Crippen molar-refractivity contribution >= 4 is 11.9 Å². The van der Waals surface area contributed by atoms with Crippen molar-refractivity contribution in [3.05, 3.63) is 68.7 Å². The highest BCUT2D eigenvalue weighted by Crippen LogP contribution is 2.18. The van der Waals surface area contributed by atoms with Crippen molar-refractivity contribution in [1.82, 2.24) is 14.3 Å². The van der Waals surface area contributed by atoms with Gasteiger partial charge >= 0.3 is 5.69 Å². The third kappa shape index (κ3) is 4.57. The number of rotatable bonds is 7. The Labute approximate surface area is 131 Å². The SMILES string of the molecule is CC(NSCCCn1ccc(=O)[nH]c1=O)c1ccccc1F. The molecule has 0 aliphatic heterocycles. The monoisotopic (exact) mass is 323 g/mol. The highest BCUT2D eigenvalue weighted by atomic mass is 32.2. The van der Waals surface area contributed by atoms with Gasteiger partial charge in [0.2, 0.25) is 0 Å². The average molecular weight is 323 g/mol. The summed E-state index contributed by atoms with van der Waals surface area (Å²) >= 11 is 1.49. The Hall–Kier alpha value is -1.86. The molecular weight excluding hydrogens is 305 g/mol. The Morgan fingerprint density at radius 1 is 1.32 bits per heavy atom. The fraction of sp³-hybridized carbons (Fsp3) is 0.333. The van der Waals surface area contributed by atoms with E-state index in [1.807, 2.05) is 13.0 Å². The van der Waals surface area contributed by atoms with Crippen LogP contribution in [0.4, 0.5) is 4.39 Å².